The van der Waals surface area contributed by atoms with Gasteiger partial charge in [0.2, 0.25) is 5.91 Å². The zero-order valence-electron chi connectivity index (χ0n) is 8.71. The molecule has 2 heterocycles. The molecule has 14 heavy (non-hydrogen) atoms. The van der Waals surface area contributed by atoms with Crippen molar-refractivity contribution in [1.82, 2.24) is 4.98 Å². The Morgan fingerprint density at radius 2 is 2.36 bits per heavy atom. The topological polar surface area (TPSA) is 36.1 Å². The van der Waals surface area contributed by atoms with Gasteiger partial charge in [-0.05, 0) is 30.9 Å². The Balaban J connectivity index is 2.35. The summed E-state index contributed by atoms with van der Waals surface area (Å²) in [7, 11) is 1.85. The van der Waals surface area contributed by atoms with Gasteiger partial charge in [0, 0.05) is 19.2 Å². The highest BCUT2D eigenvalue weighted by Gasteiger charge is 2.23. The quantitative estimate of drug-likeness (QED) is 0.670. The third kappa shape index (κ3) is 1.43. The maximum atomic E-state index is 11.9. The van der Waals surface area contributed by atoms with Crippen molar-refractivity contribution in [2.24, 2.45) is 5.92 Å². The number of fused-ring (bicyclic) bond motifs is 1. The summed E-state index contributed by atoms with van der Waals surface area (Å²) in [6.45, 7) is 2.01. The fourth-order valence-corrected chi connectivity index (χ4v) is 2.07. The first-order valence-corrected chi connectivity index (χ1v) is 5.14. The predicted molar refractivity (Wildman–Crippen MR) is 56.3 cm³/mol. The summed E-state index contributed by atoms with van der Waals surface area (Å²) in [4.78, 5) is 16.7. The summed E-state index contributed by atoms with van der Waals surface area (Å²) in [5.41, 5.74) is 1.26. The van der Waals surface area contributed by atoms with Crippen LogP contribution in [0.5, 0.6) is 0 Å². The number of aromatic amines is 1. The van der Waals surface area contributed by atoms with Crippen molar-refractivity contribution in [2.75, 3.05) is 11.9 Å². The molecule has 0 aliphatic carbocycles. The molecule has 0 bridgehead atoms. The van der Waals surface area contributed by atoms with Crippen LogP contribution < -0.4 is 4.90 Å². The molecule has 1 aliphatic heterocycles. The summed E-state index contributed by atoms with van der Waals surface area (Å²) in [6.07, 6.45) is 5.07. The van der Waals surface area contributed by atoms with Gasteiger partial charge in [0.1, 0.15) is 5.82 Å². The van der Waals surface area contributed by atoms with Crippen LogP contribution in [-0.4, -0.2) is 17.9 Å². The van der Waals surface area contributed by atoms with Gasteiger partial charge in [0.25, 0.3) is 0 Å². The molecular formula is C11H16N2O. The molecule has 3 heteroatoms. The Kier molecular flexibility index (Phi) is 2.32. The van der Waals surface area contributed by atoms with E-state index in [4.69, 9.17) is 0 Å². The molecule has 0 fully saturated rings. The van der Waals surface area contributed by atoms with E-state index >= 15 is 0 Å². The van der Waals surface area contributed by atoms with E-state index in [1.54, 1.807) is 4.90 Å². The number of nitrogens with zero attached hydrogens (tertiary/aromatic N) is 1. The van der Waals surface area contributed by atoms with E-state index < -0.39 is 0 Å². The number of carbonyl (C=O) groups is 1. The molecule has 76 valence electrons. The SMILES string of the molecule is CC1CCCc2cc[nH]c2N(C)C1=O. The minimum Gasteiger partial charge on any atom is -0.348 e. The number of hydrogen-bond donors (Lipinski definition) is 1. The van der Waals surface area contributed by atoms with Crippen molar-refractivity contribution in [3.63, 3.8) is 0 Å². The predicted octanol–water partition coefficient (Wildman–Crippen LogP) is 1.95. The third-order valence-electron chi connectivity index (χ3n) is 2.98. The summed E-state index contributed by atoms with van der Waals surface area (Å²) >= 11 is 0. The number of H-pyrrole nitrogens is 1. The highest BCUT2D eigenvalue weighted by atomic mass is 16.2. The van der Waals surface area contributed by atoms with Crippen LogP contribution in [-0.2, 0) is 11.2 Å². The molecule has 1 N–H and O–H groups in total. The van der Waals surface area contributed by atoms with Crippen LogP contribution in [0, 0.1) is 5.92 Å². The van der Waals surface area contributed by atoms with Crippen LogP contribution in [0.4, 0.5) is 5.82 Å². The minimum absolute atomic E-state index is 0.149. The smallest absolute Gasteiger partial charge is 0.230 e. The second-order valence-corrected chi connectivity index (χ2v) is 4.04. The van der Waals surface area contributed by atoms with E-state index in [1.165, 1.54) is 5.56 Å². The van der Waals surface area contributed by atoms with E-state index in [-0.39, 0.29) is 11.8 Å². The largest absolute Gasteiger partial charge is 0.348 e. The van der Waals surface area contributed by atoms with Gasteiger partial charge >= 0.3 is 0 Å². The van der Waals surface area contributed by atoms with E-state index in [0.29, 0.717) is 0 Å². The van der Waals surface area contributed by atoms with Crippen LogP contribution in [0.3, 0.4) is 0 Å². The normalized spacial score (nSPS) is 22.9. The number of carbonyl (C=O) groups excluding carboxylic acids is 1. The lowest BCUT2D eigenvalue weighted by molar-refractivity contribution is -0.121. The van der Waals surface area contributed by atoms with Crippen molar-refractivity contribution in [3.8, 4) is 0 Å². The Labute approximate surface area is 84.1 Å². The van der Waals surface area contributed by atoms with E-state index in [0.717, 1.165) is 25.1 Å². The van der Waals surface area contributed by atoms with Crippen molar-refractivity contribution >= 4 is 11.7 Å². The van der Waals surface area contributed by atoms with Gasteiger partial charge in [0.05, 0.1) is 0 Å². The average molecular weight is 192 g/mol. The summed E-state index contributed by atoms with van der Waals surface area (Å²) in [5.74, 6) is 1.34. The molecule has 3 nitrogen and oxygen atoms in total. The van der Waals surface area contributed by atoms with Crippen molar-refractivity contribution in [3.05, 3.63) is 17.8 Å². The maximum Gasteiger partial charge on any atom is 0.230 e. The minimum atomic E-state index is 0.149. The lowest BCUT2D eigenvalue weighted by Crippen LogP contribution is -2.33. The van der Waals surface area contributed by atoms with Gasteiger partial charge in [-0.25, -0.2) is 0 Å². The molecule has 1 aromatic rings. The molecular weight excluding hydrogens is 176 g/mol. The number of aryl methyl sites for hydroxylation is 1. The van der Waals surface area contributed by atoms with Gasteiger partial charge in [-0.1, -0.05) is 6.92 Å². The molecule has 1 aromatic heterocycles. The highest BCUT2D eigenvalue weighted by Crippen LogP contribution is 2.25. The fourth-order valence-electron chi connectivity index (χ4n) is 2.07. The number of aromatic nitrogens is 1. The summed E-state index contributed by atoms with van der Waals surface area (Å²) in [6, 6.07) is 2.06. The van der Waals surface area contributed by atoms with Crippen LogP contribution >= 0.6 is 0 Å². The number of anilines is 1. The lowest BCUT2D eigenvalue weighted by atomic mass is 9.98. The first-order valence-electron chi connectivity index (χ1n) is 5.14. The fraction of sp³-hybridized carbons (Fsp3) is 0.545. The Morgan fingerprint density at radius 3 is 3.14 bits per heavy atom. The van der Waals surface area contributed by atoms with Gasteiger partial charge in [-0.2, -0.15) is 0 Å². The molecule has 2 rings (SSSR count). The van der Waals surface area contributed by atoms with Crippen LogP contribution in [0.15, 0.2) is 12.3 Å². The second kappa shape index (κ2) is 3.48. The molecule has 1 aliphatic rings. The molecule has 0 radical (unpaired) electrons. The first-order chi connectivity index (χ1) is 6.70. The highest BCUT2D eigenvalue weighted by molar-refractivity contribution is 5.94. The summed E-state index contributed by atoms with van der Waals surface area (Å²) in [5, 5.41) is 0. The van der Waals surface area contributed by atoms with Crippen molar-refractivity contribution in [2.45, 2.75) is 26.2 Å². The second-order valence-electron chi connectivity index (χ2n) is 4.04. The lowest BCUT2D eigenvalue weighted by Gasteiger charge is -2.24. The standard InChI is InChI=1S/C11H16N2O/c1-8-4-3-5-9-6-7-12-10(9)13(2)11(8)14/h6-8,12H,3-5H2,1-2H3. The van der Waals surface area contributed by atoms with E-state index in [9.17, 15) is 4.79 Å². The zero-order valence-corrected chi connectivity index (χ0v) is 8.71. The first kappa shape index (κ1) is 9.31. The third-order valence-corrected chi connectivity index (χ3v) is 2.98. The maximum absolute atomic E-state index is 11.9. The van der Waals surface area contributed by atoms with Crippen LogP contribution in [0.2, 0.25) is 0 Å². The average Bonchev–Trinajstić information content (AvgIpc) is 2.62. The van der Waals surface area contributed by atoms with Crippen LogP contribution in [0.1, 0.15) is 25.3 Å². The Morgan fingerprint density at radius 1 is 1.57 bits per heavy atom. The van der Waals surface area contributed by atoms with Gasteiger partial charge in [0.15, 0.2) is 0 Å². The number of hydrogen-bond acceptors (Lipinski definition) is 1. The molecule has 1 atom stereocenters. The number of amides is 1. The molecule has 1 unspecified atom stereocenters. The summed E-state index contributed by atoms with van der Waals surface area (Å²) < 4.78 is 0. The van der Waals surface area contributed by atoms with Gasteiger partial charge in [-0.15, -0.1) is 0 Å². The van der Waals surface area contributed by atoms with E-state index in [1.807, 2.05) is 20.2 Å². The van der Waals surface area contributed by atoms with Gasteiger partial charge < -0.3 is 9.88 Å². The molecule has 1 amide bonds. The number of nitrogens with one attached hydrogen (secondary N) is 1. The molecule has 0 spiro atoms. The monoisotopic (exact) mass is 192 g/mol. The zero-order chi connectivity index (χ0) is 10.1. The Hall–Kier alpha value is -1.25. The molecule has 0 saturated carbocycles. The van der Waals surface area contributed by atoms with Crippen molar-refractivity contribution in [1.29, 1.82) is 0 Å². The van der Waals surface area contributed by atoms with Gasteiger partial charge in [-0.3, -0.25) is 4.79 Å². The molecule has 0 aromatic carbocycles. The van der Waals surface area contributed by atoms with E-state index in [2.05, 4.69) is 11.1 Å². The van der Waals surface area contributed by atoms with Crippen molar-refractivity contribution < 1.29 is 4.79 Å². The Bertz CT molecular complexity index is 343. The molecule has 0 saturated heterocycles. The van der Waals surface area contributed by atoms with Crippen LogP contribution in [0.25, 0.3) is 0 Å². The number of rotatable bonds is 0.